The van der Waals surface area contributed by atoms with Crippen LogP contribution in [0.4, 0.5) is 0 Å². The second-order valence-electron chi connectivity index (χ2n) is 10.2. The van der Waals surface area contributed by atoms with Crippen molar-refractivity contribution in [2.75, 3.05) is 5.75 Å². The molecule has 0 saturated carbocycles. The van der Waals surface area contributed by atoms with E-state index in [0.717, 1.165) is 36.5 Å². The van der Waals surface area contributed by atoms with Gasteiger partial charge in [0.15, 0.2) is 0 Å². The Bertz CT molecular complexity index is 1080. The SMILES string of the molecule is CCC(C)(C)c1cccc(OP(=S)(Oc2cccc(C(C)(C)CC)c2)SCCc2ccccc2)c1. The predicted molar refractivity (Wildman–Crippen MR) is 158 cm³/mol. The summed E-state index contributed by atoms with van der Waals surface area (Å²) >= 11 is 7.77. The zero-order valence-corrected chi connectivity index (χ0v) is 24.4. The van der Waals surface area contributed by atoms with Gasteiger partial charge in [-0.05, 0) is 94.2 Å². The molecular weight excluding hydrogens is 487 g/mol. The average molecular weight is 527 g/mol. The van der Waals surface area contributed by atoms with E-state index in [1.54, 1.807) is 11.4 Å². The van der Waals surface area contributed by atoms with E-state index >= 15 is 0 Å². The molecule has 0 N–H and O–H groups in total. The van der Waals surface area contributed by atoms with Crippen molar-refractivity contribution in [2.45, 2.75) is 71.6 Å². The third-order valence-electron chi connectivity index (χ3n) is 6.92. The molecule has 5 heteroatoms. The highest BCUT2D eigenvalue weighted by atomic mass is 32.9. The minimum atomic E-state index is -2.71. The highest BCUT2D eigenvalue weighted by molar-refractivity contribution is 8.68. The molecule has 0 aliphatic carbocycles. The summed E-state index contributed by atoms with van der Waals surface area (Å²) in [6, 6.07) is 27.2. The minimum absolute atomic E-state index is 0.0727. The van der Waals surface area contributed by atoms with Crippen LogP contribution in [0.15, 0.2) is 78.9 Å². The van der Waals surface area contributed by atoms with Crippen LogP contribution in [0.5, 0.6) is 11.5 Å². The molecule has 3 aromatic rings. The first-order valence-electron chi connectivity index (χ1n) is 12.5. The first kappa shape index (κ1) is 27.8. The molecule has 0 saturated heterocycles. The van der Waals surface area contributed by atoms with Gasteiger partial charge in [0.25, 0.3) is 0 Å². The largest absolute Gasteiger partial charge is 0.428 e. The third kappa shape index (κ3) is 7.87. The highest BCUT2D eigenvalue weighted by Crippen LogP contribution is 2.60. The zero-order valence-electron chi connectivity index (χ0n) is 21.9. The number of hydrogen-bond donors (Lipinski definition) is 0. The van der Waals surface area contributed by atoms with Gasteiger partial charge in [-0.3, -0.25) is 0 Å². The Labute approximate surface area is 221 Å². The lowest BCUT2D eigenvalue weighted by atomic mass is 9.82. The van der Waals surface area contributed by atoms with Crippen LogP contribution in [0.25, 0.3) is 0 Å². The van der Waals surface area contributed by atoms with E-state index in [1.165, 1.54) is 16.7 Å². The van der Waals surface area contributed by atoms with Crippen molar-refractivity contribution in [3.63, 3.8) is 0 Å². The average Bonchev–Trinajstić information content (AvgIpc) is 2.85. The van der Waals surface area contributed by atoms with Crippen molar-refractivity contribution in [3.8, 4) is 11.5 Å². The lowest BCUT2D eigenvalue weighted by Gasteiger charge is -2.27. The molecule has 35 heavy (non-hydrogen) atoms. The van der Waals surface area contributed by atoms with Crippen LogP contribution in [0, 0.1) is 0 Å². The Morgan fingerprint density at radius 3 is 1.66 bits per heavy atom. The second-order valence-corrected chi connectivity index (χ2v) is 16.5. The monoisotopic (exact) mass is 526 g/mol. The van der Waals surface area contributed by atoms with Gasteiger partial charge < -0.3 is 9.05 Å². The Hall–Kier alpha value is -1.74. The summed E-state index contributed by atoms with van der Waals surface area (Å²) in [5.41, 5.74) is 1.23. The van der Waals surface area contributed by atoms with E-state index in [1.807, 2.05) is 18.2 Å². The van der Waals surface area contributed by atoms with Gasteiger partial charge in [0, 0.05) is 5.75 Å². The molecule has 0 fully saturated rings. The summed E-state index contributed by atoms with van der Waals surface area (Å²) < 4.78 is 13.1. The van der Waals surface area contributed by atoms with Gasteiger partial charge in [-0.2, -0.15) is 0 Å². The third-order valence-corrected chi connectivity index (χ3v) is 11.8. The summed E-state index contributed by atoms with van der Waals surface area (Å²) in [7, 11) is 0. The number of hydrogen-bond acceptors (Lipinski definition) is 4. The van der Waals surface area contributed by atoms with Gasteiger partial charge in [0.2, 0.25) is 0 Å². The number of aryl methyl sites for hydroxylation is 1. The smallest absolute Gasteiger partial charge is 0.348 e. The predicted octanol–water partition coefficient (Wildman–Crippen LogP) is 9.72. The Balaban J connectivity index is 1.87. The maximum atomic E-state index is 6.54. The van der Waals surface area contributed by atoms with E-state index in [9.17, 15) is 0 Å². The van der Waals surface area contributed by atoms with Gasteiger partial charge in [-0.1, -0.05) is 96.1 Å². The molecule has 0 unspecified atom stereocenters. The minimum Gasteiger partial charge on any atom is -0.428 e. The molecule has 0 atom stereocenters. The first-order valence-corrected chi connectivity index (χ1v) is 16.7. The molecule has 188 valence electrons. The normalized spacial score (nSPS) is 12.4. The van der Waals surface area contributed by atoms with Crippen molar-refractivity contribution in [1.82, 2.24) is 0 Å². The fraction of sp³-hybridized carbons (Fsp3) is 0.400. The van der Waals surface area contributed by atoms with Crippen LogP contribution in [-0.4, -0.2) is 5.75 Å². The molecule has 0 aliphatic rings. The van der Waals surface area contributed by atoms with Gasteiger partial charge in [0.05, 0.1) is 0 Å². The molecule has 0 amide bonds. The van der Waals surface area contributed by atoms with Crippen LogP contribution < -0.4 is 9.05 Å². The molecule has 0 aliphatic heterocycles. The second kappa shape index (κ2) is 12.0. The maximum absolute atomic E-state index is 6.54. The van der Waals surface area contributed by atoms with Crippen molar-refractivity contribution >= 4 is 28.9 Å². The maximum Gasteiger partial charge on any atom is 0.348 e. The molecule has 0 aromatic heterocycles. The lowest BCUT2D eigenvalue weighted by molar-refractivity contribution is 0.485. The highest BCUT2D eigenvalue weighted by Gasteiger charge is 2.26. The van der Waals surface area contributed by atoms with Crippen LogP contribution in [0.2, 0.25) is 0 Å². The standard InChI is InChI=1S/C30H39O2PS2/c1-7-29(3,4)25-16-12-18-27(22-25)31-33(34,35-21-20-24-14-10-9-11-15-24)32-28-19-13-17-26(23-28)30(5,6)8-2/h9-19,22-23H,7-8,20-21H2,1-6H3. The van der Waals surface area contributed by atoms with Gasteiger partial charge in [-0.15, -0.1) is 0 Å². The molecule has 3 aromatic carbocycles. The molecule has 0 radical (unpaired) electrons. The van der Waals surface area contributed by atoms with Gasteiger partial charge in [0.1, 0.15) is 11.5 Å². The van der Waals surface area contributed by atoms with Crippen LogP contribution in [0.1, 0.15) is 71.1 Å². The summed E-state index contributed by atoms with van der Waals surface area (Å²) in [4.78, 5) is 0. The van der Waals surface area contributed by atoms with E-state index in [0.29, 0.717) is 0 Å². The topological polar surface area (TPSA) is 18.5 Å². The van der Waals surface area contributed by atoms with E-state index < -0.39 is 5.69 Å². The molecule has 0 spiro atoms. The van der Waals surface area contributed by atoms with Crippen LogP contribution in [0.3, 0.4) is 0 Å². The summed E-state index contributed by atoms with van der Waals surface area (Å²) in [5, 5.41) is 0. The fourth-order valence-corrected chi connectivity index (χ4v) is 8.01. The fourth-order valence-electron chi connectivity index (χ4n) is 3.61. The Morgan fingerprint density at radius 2 is 1.20 bits per heavy atom. The zero-order chi connectivity index (χ0) is 25.5. The lowest BCUT2D eigenvalue weighted by Crippen LogP contribution is -2.15. The van der Waals surface area contributed by atoms with E-state index in [2.05, 4.69) is 102 Å². The Morgan fingerprint density at radius 1 is 0.714 bits per heavy atom. The van der Waals surface area contributed by atoms with Gasteiger partial charge in [-0.25, -0.2) is 0 Å². The van der Waals surface area contributed by atoms with Crippen molar-refractivity contribution in [3.05, 3.63) is 95.6 Å². The molecule has 0 heterocycles. The molecule has 2 nitrogen and oxygen atoms in total. The summed E-state index contributed by atoms with van der Waals surface area (Å²) in [5.74, 6) is 2.40. The summed E-state index contributed by atoms with van der Waals surface area (Å²) in [6.07, 6.45) is 3.02. The number of benzene rings is 3. The van der Waals surface area contributed by atoms with Gasteiger partial charge >= 0.3 is 5.69 Å². The quantitative estimate of drug-likeness (QED) is 0.219. The van der Waals surface area contributed by atoms with Crippen molar-refractivity contribution in [1.29, 1.82) is 0 Å². The molecule has 0 bridgehead atoms. The summed E-state index contributed by atoms with van der Waals surface area (Å²) in [6.45, 7) is 13.5. The van der Waals surface area contributed by atoms with Crippen molar-refractivity contribution < 1.29 is 9.05 Å². The van der Waals surface area contributed by atoms with Crippen molar-refractivity contribution in [2.24, 2.45) is 0 Å². The number of rotatable bonds is 12. The van der Waals surface area contributed by atoms with Crippen LogP contribution in [-0.2, 0) is 29.1 Å². The molecule has 3 rings (SSSR count). The molecular formula is C30H39O2PS2. The van der Waals surface area contributed by atoms with E-state index in [-0.39, 0.29) is 10.8 Å². The Kier molecular flexibility index (Phi) is 9.54. The van der Waals surface area contributed by atoms with Crippen LogP contribution >= 0.6 is 17.1 Å². The van der Waals surface area contributed by atoms with E-state index in [4.69, 9.17) is 20.9 Å². The first-order chi connectivity index (χ1) is 16.6.